The van der Waals surface area contributed by atoms with Crippen molar-refractivity contribution in [1.82, 2.24) is 14.7 Å². The zero-order chi connectivity index (χ0) is 33.0. The number of carbonyl (C=O) groups is 3. The summed E-state index contributed by atoms with van der Waals surface area (Å²) in [5.74, 6) is -2.41. The van der Waals surface area contributed by atoms with Crippen molar-refractivity contribution >= 4 is 33.7 Å². The van der Waals surface area contributed by atoms with Gasteiger partial charge in [0.15, 0.2) is 0 Å². The van der Waals surface area contributed by atoms with E-state index < -0.39 is 35.6 Å². The van der Waals surface area contributed by atoms with E-state index in [4.69, 9.17) is 4.74 Å². The van der Waals surface area contributed by atoms with Crippen LogP contribution in [-0.2, 0) is 32.1 Å². The van der Waals surface area contributed by atoms with Gasteiger partial charge in [0.25, 0.3) is 0 Å². The van der Waals surface area contributed by atoms with Crippen LogP contribution in [0.15, 0.2) is 86.0 Å². The number of carbonyl (C=O) groups excluding carboxylic acids is 3. The van der Waals surface area contributed by atoms with E-state index in [1.165, 1.54) is 0 Å². The molecule has 2 bridgehead atoms. The second-order valence-electron chi connectivity index (χ2n) is 12.8. The molecule has 4 unspecified atom stereocenters. The summed E-state index contributed by atoms with van der Waals surface area (Å²) in [6, 6.07) is 17.6. The molecular formula is C37H46BrN3O5. The Morgan fingerprint density at radius 1 is 1.07 bits per heavy atom. The van der Waals surface area contributed by atoms with Gasteiger partial charge in [0.2, 0.25) is 17.7 Å². The third-order valence-corrected chi connectivity index (χ3v) is 10.7. The molecule has 3 aliphatic heterocycles. The molecule has 3 saturated heterocycles. The summed E-state index contributed by atoms with van der Waals surface area (Å²) >= 11 is 3.80. The maximum absolute atomic E-state index is 14.9. The van der Waals surface area contributed by atoms with Crippen LogP contribution in [0.25, 0.3) is 0 Å². The number of amides is 3. The molecule has 0 aromatic heterocycles. The maximum atomic E-state index is 14.9. The number of halogens is 1. The number of alkyl halides is 1. The highest BCUT2D eigenvalue weighted by molar-refractivity contribution is 9.09. The van der Waals surface area contributed by atoms with Crippen LogP contribution in [0.3, 0.4) is 0 Å². The van der Waals surface area contributed by atoms with Crippen molar-refractivity contribution in [2.75, 3.05) is 19.7 Å². The summed E-state index contributed by atoms with van der Waals surface area (Å²) in [6.07, 6.45) is 5.24. The third-order valence-electron chi connectivity index (χ3n) is 9.89. The molecular weight excluding hydrogens is 646 g/mol. The molecule has 246 valence electrons. The fourth-order valence-corrected chi connectivity index (χ4v) is 8.86. The zero-order valence-corrected chi connectivity index (χ0v) is 28.4. The van der Waals surface area contributed by atoms with E-state index in [1.54, 1.807) is 26.9 Å². The van der Waals surface area contributed by atoms with E-state index in [2.05, 4.69) is 36.0 Å². The van der Waals surface area contributed by atoms with Crippen LogP contribution in [-0.4, -0.2) is 91.9 Å². The van der Waals surface area contributed by atoms with Crippen molar-refractivity contribution in [3.05, 3.63) is 97.1 Å². The Bertz CT molecular complexity index is 1410. The number of fused-ring (bicyclic) bond motifs is 1. The quantitative estimate of drug-likeness (QED) is 0.215. The molecule has 0 radical (unpaired) electrons. The van der Waals surface area contributed by atoms with Crippen molar-refractivity contribution in [3.63, 3.8) is 0 Å². The first-order valence-corrected chi connectivity index (χ1v) is 17.3. The average Bonchev–Trinajstić information content (AvgIpc) is 3.66. The van der Waals surface area contributed by atoms with Gasteiger partial charge in [-0.25, -0.2) is 0 Å². The summed E-state index contributed by atoms with van der Waals surface area (Å²) < 4.78 is 6.82. The van der Waals surface area contributed by atoms with Gasteiger partial charge in [-0.1, -0.05) is 102 Å². The highest BCUT2D eigenvalue weighted by Crippen LogP contribution is 2.61. The normalized spacial score (nSPS) is 27.6. The minimum absolute atomic E-state index is 0.102. The van der Waals surface area contributed by atoms with Crippen LogP contribution in [0.5, 0.6) is 0 Å². The first-order chi connectivity index (χ1) is 22.2. The number of rotatable bonds is 15. The molecule has 3 heterocycles. The minimum atomic E-state index is -1.23. The van der Waals surface area contributed by atoms with E-state index in [0.29, 0.717) is 32.5 Å². The number of benzene rings is 2. The Morgan fingerprint density at radius 2 is 1.70 bits per heavy atom. The SMILES string of the molecule is C=CCN(Cc1ccccc1)C(=O)[C@H]1[C@@H]2OC3(CC2Br)C(C(=O)N(CC=C)C(C)CCC)N([C@@H](CO)Cc2ccccc2)C(=O)[C@H]13. The summed E-state index contributed by atoms with van der Waals surface area (Å²) in [6.45, 7) is 12.5. The molecule has 0 saturated carbocycles. The molecule has 8 atom stereocenters. The van der Waals surface area contributed by atoms with Crippen molar-refractivity contribution in [3.8, 4) is 0 Å². The molecule has 3 amide bonds. The van der Waals surface area contributed by atoms with Crippen molar-refractivity contribution in [2.45, 2.75) is 80.7 Å². The van der Waals surface area contributed by atoms with Gasteiger partial charge in [-0.15, -0.1) is 13.2 Å². The summed E-state index contributed by atoms with van der Waals surface area (Å²) in [5, 5.41) is 10.8. The Morgan fingerprint density at radius 3 is 2.28 bits per heavy atom. The van der Waals surface area contributed by atoms with Crippen LogP contribution in [0, 0.1) is 11.8 Å². The number of hydrogen-bond acceptors (Lipinski definition) is 5. The summed E-state index contributed by atoms with van der Waals surface area (Å²) in [5.41, 5.74) is 0.677. The van der Waals surface area contributed by atoms with Gasteiger partial charge in [0, 0.05) is 30.5 Å². The highest BCUT2D eigenvalue weighted by atomic mass is 79.9. The monoisotopic (exact) mass is 691 g/mol. The fraction of sp³-hybridized carbons (Fsp3) is 0.486. The molecule has 46 heavy (non-hydrogen) atoms. The molecule has 3 aliphatic rings. The summed E-state index contributed by atoms with van der Waals surface area (Å²) in [7, 11) is 0. The van der Waals surface area contributed by atoms with Crippen LogP contribution in [0.4, 0.5) is 0 Å². The van der Waals surface area contributed by atoms with Crippen molar-refractivity contribution < 1.29 is 24.2 Å². The van der Waals surface area contributed by atoms with Crippen molar-refractivity contribution in [2.24, 2.45) is 11.8 Å². The number of aliphatic hydroxyl groups excluding tert-OH is 1. The molecule has 2 aromatic carbocycles. The van der Waals surface area contributed by atoms with E-state index in [1.807, 2.05) is 67.6 Å². The van der Waals surface area contributed by atoms with Gasteiger partial charge >= 0.3 is 0 Å². The lowest BCUT2D eigenvalue weighted by Crippen LogP contribution is -2.60. The first-order valence-electron chi connectivity index (χ1n) is 16.4. The van der Waals surface area contributed by atoms with Gasteiger partial charge in [-0.05, 0) is 37.3 Å². The molecule has 3 fully saturated rings. The van der Waals surface area contributed by atoms with Crippen LogP contribution < -0.4 is 0 Å². The summed E-state index contributed by atoms with van der Waals surface area (Å²) in [4.78, 5) is 49.1. The van der Waals surface area contributed by atoms with Crippen LogP contribution in [0.1, 0.15) is 44.2 Å². The van der Waals surface area contributed by atoms with Crippen molar-refractivity contribution in [1.29, 1.82) is 0 Å². The smallest absolute Gasteiger partial charge is 0.248 e. The predicted octanol–water partition coefficient (Wildman–Crippen LogP) is 4.76. The molecule has 2 aromatic rings. The Labute approximate surface area is 281 Å². The molecule has 5 rings (SSSR count). The standard InChI is InChI=1S/C37H46BrN3O5/c1-5-14-25(4)40(20-7-3)36(45)33-37-22-29(38)32(46-37)30(34(43)39(19-6-2)23-27-17-12-9-13-18-27)31(37)35(44)41(33)28(24-42)21-26-15-10-8-11-16-26/h6-13,15-18,25,28-33,42H,2-3,5,14,19-24H2,1,4H3/t25?,28-,29?,30-,31+,32-,33?,37?/m1/s1. The number of likely N-dealkylation sites (tertiary alicyclic amines) is 1. The topological polar surface area (TPSA) is 90.4 Å². The lowest BCUT2D eigenvalue weighted by Gasteiger charge is -2.41. The van der Waals surface area contributed by atoms with Crippen LogP contribution in [0.2, 0.25) is 0 Å². The molecule has 9 heteroatoms. The van der Waals surface area contributed by atoms with Gasteiger partial charge < -0.3 is 24.5 Å². The second kappa shape index (κ2) is 14.7. The Kier molecular flexibility index (Phi) is 10.9. The largest absolute Gasteiger partial charge is 0.394 e. The predicted molar refractivity (Wildman–Crippen MR) is 182 cm³/mol. The first kappa shape index (κ1) is 34.1. The second-order valence-corrected chi connectivity index (χ2v) is 14.0. The van der Waals surface area contributed by atoms with Gasteiger partial charge in [-0.2, -0.15) is 0 Å². The molecule has 0 aliphatic carbocycles. The lowest BCUT2D eigenvalue weighted by atomic mass is 9.70. The Hall–Kier alpha value is -3.27. The van der Waals surface area contributed by atoms with E-state index in [9.17, 15) is 19.5 Å². The van der Waals surface area contributed by atoms with Crippen LogP contribution >= 0.6 is 15.9 Å². The van der Waals surface area contributed by atoms with Gasteiger partial charge in [0.1, 0.15) is 11.6 Å². The number of ether oxygens (including phenoxy) is 1. The molecule has 1 spiro atoms. The average molecular weight is 693 g/mol. The van der Waals surface area contributed by atoms with Gasteiger partial charge in [-0.3, -0.25) is 14.4 Å². The molecule has 1 N–H and O–H groups in total. The fourth-order valence-electron chi connectivity index (χ4n) is 7.92. The number of hydrogen-bond donors (Lipinski definition) is 1. The highest BCUT2D eigenvalue weighted by Gasteiger charge is 2.77. The van der Waals surface area contributed by atoms with Gasteiger partial charge in [0.05, 0.1) is 30.6 Å². The van der Waals surface area contributed by atoms with E-state index in [0.717, 1.165) is 24.0 Å². The molecule has 8 nitrogen and oxygen atoms in total. The third kappa shape index (κ3) is 6.21. The Balaban J connectivity index is 1.59. The van der Waals surface area contributed by atoms with E-state index in [-0.39, 0.29) is 35.2 Å². The maximum Gasteiger partial charge on any atom is 0.248 e. The number of aliphatic hydroxyl groups is 1. The number of nitrogens with zero attached hydrogens (tertiary/aromatic N) is 3. The minimum Gasteiger partial charge on any atom is -0.394 e. The van der Waals surface area contributed by atoms with E-state index >= 15 is 0 Å². The lowest BCUT2D eigenvalue weighted by molar-refractivity contribution is -0.153. The zero-order valence-electron chi connectivity index (χ0n) is 26.8.